The summed E-state index contributed by atoms with van der Waals surface area (Å²) < 4.78 is 11.1. The van der Waals surface area contributed by atoms with Gasteiger partial charge in [0.1, 0.15) is 11.3 Å². The van der Waals surface area contributed by atoms with Gasteiger partial charge in [0.25, 0.3) is 0 Å². The van der Waals surface area contributed by atoms with E-state index in [0.717, 1.165) is 12.8 Å². The molecule has 0 unspecified atom stereocenters. The molecule has 6 nitrogen and oxygen atoms in total. The van der Waals surface area contributed by atoms with Crippen molar-refractivity contribution in [1.82, 2.24) is 14.9 Å². The molecule has 22 heavy (non-hydrogen) atoms. The van der Waals surface area contributed by atoms with Gasteiger partial charge >= 0.3 is 6.09 Å². The highest BCUT2D eigenvalue weighted by atomic mass is 35.5. The summed E-state index contributed by atoms with van der Waals surface area (Å²) in [7, 11) is 0. The van der Waals surface area contributed by atoms with Crippen LogP contribution in [0.3, 0.4) is 0 Å². The van der Waals surface area contributed by atoms with Gasteiger partial charge in [0.2, 0.25) is 0 Å². The van der Waals surface area contributed by atoms with E-state index in [9.17, 15) is 4.79 Å². The molecule has 2 heterocycles. The third-order valence-corrected chi connectivity index (χ3v) is 3.59. The molecular weight excluding hydrogens is 306 g/mol. The molecule has 0 saturated carbocycles. The van der Waals surface area contributed by atoms with E-state index < -0.39 is 5.60 Å². The number of halogens is 1. The van der Waals surface area contributed by atoms with Gasteiger partial charge in [-0.3, -0.25) is 4.98 Å². The van der Waals surface area contributed by atoms with Crippen molar-refractivity contribution in [2.75, 3.05) is 13.2 Å². The molecule has 1 aliphatic rings. The van der Waals surface area contributed by atoms with E-state index in [1.54, 1.807) is 11.1 Å². The van der Waals surface area contributed by atoms with Crippen LogP contribution in [0.4, 0.5) is 4.79 Å². The predicted molar refractivity (Wildman–Crippen MR) is 82.7 cm³/mol. The highest BCUT2D eigenvalue weighted by molar-refractivity contribution is 6.29. The Hall–Kier alpha value is -1.40. The third kappa shape index (κ3) is 4.81. The van der Waals surface area contributed by atoms with Gasteiger partial charge in [-0.05, 0) is 33.6 Å². The summed E-state index contributed by atoms with van der Waals surface area (Å²) in [6, 6.07) is 0.0327. The summed E-state index contributed by atoms with van der Waals surface area (Å²) in [4.78, 5) is 22.0. The molecule has 7 heteroatoms. The van der Waals surface area contributed by atoms with Crippen molar-refractivity contribution in [3.63, 3.8) is 0 Å². The maximum Gasteiger partial charge on any atom is 0.410 e. The average Bonchev–Trinajstić information content (AvgIpc) is 2.87. The first kappa shape index (κ1) is 17.0. The minimum absolute atomic E-state index is 0.0327. The second-order valence-electron chi connectivity index (χ2n) is 6.28. The van der Waals surface area contributed by atoms with E-state index in [0.29, 0.717) is 24.0 Å². The van der Waals surface area contributed by atoms with E-state index >= 15 is 0 Å². The Bertz CT molecular complexity index is 519. The van der Waals surface area contributed by atoms with Crippen LogP contribution < -0.4 is 0 Å². The highest BCUT2D eigenvalue weighted by Crippen LogP contribution is 2.21. The van der Waals surface area contributed by atoms with Crippen LogP contribution in [-0.2, 0) is 16.1 Å². The zero-order valence-electron chi connectivity index (χ0n) is 13.2. The average molecular weight is 328 g/mol. The van der Waals surface area contributed by atoms with Crippen molar-refractivity contribution in [2.24, 2.45) is 0 Å². The molecule has 1 fully saturated rings. The van der Waals surface area contributed by atoms with Gasteiger partial charge in [-0.15, -0.1) is 0 Å². The molecule has 1 aromatic heterocycles. The monoisotopic (exact) mass is 327 g/mol. The minimum atomic E-state index is -0.488. The highest BCUT2D eigenvalue weighted by Gasteiger charge is 2.32. The van der Waals surface area contributed by atoms with Gasteiger partial charge < -0.3 is 14.4 Å². The fourth-order valence-corrected chi connectivity index (χ4v) is 2.47. The molecule has 0 spiro atoms. The standard InChI is InChI=1S/C15H22ClN3O3/c1-15(2,3)22-14(20)19-8-4-5-11(19)9-21-10-12-13(16)18-7-6-17-12/h6-7,11H,4-5,8-10H2,1-3H3/t11-/m0/s1. The van der Waals surface area contributed by atoms with Crippen molar-refractivity contribution in [3.05, 3.63) is 23.2 Å². The fraction of sp³-hybridized carbons (Fsp3) is 0.667. The maximum atomic E-state index is 12.2. The number of carbonyl (C=O) groups excluding carboxylic acids is 1. The molecule has 1 amide bonds. The molecule has 0 aliphatic carbocycles. The van der Waals surface area contributed by atoms with E-state index in [1.807, 2.05) is 20.8 Å². The molecule has 0 bridgehead atoms. The Kier molecular flexibility index (Phi) is 5.58. The van der Waals surface area contributed by atoms with Gasteiger partial charge in [-0.2, -0.15) is 0 Å². The second kappa shape index (κ2) is 7.24. The molecule has 122 valence electrons. The van der Waals surface area contributed by atoms with Crippen molar-refractivity contribution < 1.29 is 14.3 Å². The van der Waals surface area contributed by atoms with Crippen LogP contribution in [0.2, 0.25) is 5.15 Å². The van der Waals surface area contributed by atoms with Crippen molar-refractivity contribution in [2.45, 2.75) is 51.9 Å². The van der Waals surface area contributed by atoms with Crippen LogP contribution in [0, 0.1) is 0 Å². The number of hydrogen-bond donors (Lipinski definition) is 0. The van der Waals surface area contributed by atoms with Crippen molar-refractivity contribution >= 4 is 17.7 Å². The van der Waals surface area contributed by atoms with Gasteiger partial charge in [0.15, 0.2) is 5.15 Å². The van der Waals surface area contributed by atoms with Crippen molar-refractivity contribution in [3.8, 4) is 0 Å². The van der Waals surface area contributed by atoms with Crippen LogP contribution in [-0.4, -0.2) is 45.8 Å². The molecule has 1 aromatic rings. The number of nitrogens with zero attached hydrogens (tertiary/aromatic N) is 3. The van der Waals surface area contributed by atoms with E-state index in [4.69, 9.17) is 21.1 Å². The maximum absolute atomic E-state index is 12.2. The fourth-order valence-electron chi connectivity index (χ4n) is 2.31. The second-order valence-corrected chi connectivity index (χ2v) is 6.64. The van der Waals surface area contributed by atoms with E-state index in [-0.39, 0.29) is 18.7 Å². The SMILES string of the molecule is CC(C)(C)OC(=O)N1CCC[C@H]1COCc1nccnc1Cl. The summed E-state index contributed by atoms with van der Waals surface area (Å²) in [6.07, 6.45) is 4.70. The first-order valence-electron chi connectivity index (χ1n) is 7.39. The molecule has 0 N–H and O–H groups in total. The lowest BCUT2D eigenvalue weighted by Crippen LogP contribution is -2.41. The Morgan fingerprint density at radius 2 is 2.14 bits per heavy atom. The van der Waals surface area contributed by atoms with E-state index in [2.05, 4.69) is 9.97 Å². The number of likely N-dealkylation sites (tertiary alicyclic amines) is 1. The topological polar surface area (TPSA) is 64.5 Å². The van der Waals surface area contributed by atoms with Crippen LogP contribution in [0.25, 0.3) is 0 Å². The zero-order valence-corrected chi connectivity index (χ0v) is 14.0. The van der Waals surface area contributed by atoms with Crippen LogP contribution in [0.15, 0.2) is 12.4 Å². The Morgan fingerprint density at radius 1 is 1.41 bits per heavy atom. The first-order chi connectivity index (χ1) is 10.4. The number of ether oxygens (including phenoxy) is 2. The molecule has 0 aromatic carbocycles. The number of hydrogen-bond acceptors (Lipinski definition) is 5. The van der Waals surface area contributed by atoms with Crippen LogP contribution in [0.1, 0.15) is 39.3 Å². The Balaban J connectivity index is 1.84. The van der Waals surface area contributed by atoms with Gasteiger partial charge in [-0.1, -0.05) is 11.6 Å². The first-order valence-corrected chi connectivity index (χ1v) is 7.77. The zero-order chi connectivity index (χ0) is 16.2. The summed E-state index contributed by atoms with van der Waals surface area (Å²) in [5, 5.41) is 0.345. The van der Waals surface area contributed by atoms with E-state index in [1.165, 1.54) is 6.20 Å². The predicted octanol–water partition coefficient (Wildman–Crippen LogP) is 3.05. The normalized spacial score (nSPS) is 18.5. The van der Waals surface area contributed by atoms with Gasteiger partial charge in [0.05, 0.1) is 19.3 Å². The number of aromatic nitrogens is 2. The molecule has 1 atom stereocenters. The number of rotatable bonds is 4. The lowest BCUT2D eigenvalue weighted by Gasteiger charge is -2.28. The van der Waals surface area contributed by atoms with Crippen LogP contribution in [0.5, 0.6) is 0 Å². The summed E-state index contributed by atoms with van der Waals surface area (Å²) >= 11 is 5.93. The Morgan fingerprint density at radius 3 is 2.82 bits per heavy atom. The van der Waals surface area contributed by atoms with Gasteiger partial charge in [0, 0.05) is 18.9 Å². The number of carbonyl (C=O) groups is 1. The minimum Gasteiger partial charge on any atom is -0.444 e. The molecule has 2 rings (SSSR count). The molecular formula is C15H22ClN3O3. The molecule has 1 saturated heterocycles. The van der Waals surface area contributed by atoms with Crippen molar-refractivity contribution in [1.29, 1.82) is 0 Å². The lowest BCUT2D eigenvalue weighted by molar-refractivity contribution is 0.00854. The summed E-state index contributed by atoms with van der Waals surface area (Å²) in [5.74, 6) is 0. The smallest absolute Gasteiger partial charge is 0.410 e. The lowest BCUT2D eigenvalue weighted by atomic mass is 10.2. The number of amides is 1. The Labute approximate surface area is 135 Å². The molecule has 0 radical (unpaired) electrons. The summed E-state index contributed by atoms with van der Waals surface area (Å²) in [5.41, 5.74) is 0.115. The summed E-state index contributed by atoms with van der Waals surface area (Å²) in [6.45, 7) is 7.01. The molecule has 1 aliphatic heterocycles. The largest absolute Gasteiger partial charge is 0.444 e. The van der Waals surface area contributed by atoms with Crippen LogP contribution >= 0.6 is 11.6 Å². The van der Waals surface area contributed by atoms with Gasteiger partial charge in [-0.25, -0.2) is 9.78 Å². The third-order valence-electron chi connectivity index (χ3n) is 3.28. The quantitative estimate of drug-likeness (QED) is 0.850.